The minimum absolute atomic E-state index is 0.110. The van der Waals surface area contributed by atoms with Crippen LogP contribution < -0.4 is 9.80 Å². The molecule has 0 amide bonds. The first-order chi connectivity index (χ1) is 12.2. The van der Waals surface area contributed by atoms with Crippen LogP contribution in [0.1, 0.15) is 18.5 Å². The molecule has 25 heavy (non-hydrogen) atoms. The van der Waals surface area contributed by atoms with Crippen molar-refractivity contribution in [2.45, 2.75) is 19.8 Å². The molecule has 1 atom stereocenters. The molecule has 0 saturated carbocycles. The third-order valence-electron chi connectivity index (χ3n) is 5.18. The van der Waals surface area contributed by atoms with Crippen molar-refractivity contribution in [3.63, 3.8) is 0 Å². The van der Waals surface area contributed by atoms with E-state index in [9.17, 15) is 0 Å². The minimum Gasteiger partial charge on any atom is -0.379 e. The summed E-state index contributed by atoms with van der Waals surface area (Å²) in [5, 5.41) is 8.62. The number of hydrogen-bond donors (Lipinski definition) is 0. The highest BCUT2D eigenvalue weighted by atomic mass is 16.5. The van der Waals surface area contributed by atoms with Gasteiger partial charge in [0, 0.05) is 37.8 Å². The molecular formula is C19H25N5O. The van der Waals surface area contributed by atoms with Gasteiger partial charge >= 0.3 is 0 Å². The second kappa shape index (κ2) is 6.96. The topological polar surface area (TPSA) is 54.4 Å². The van der Waals surface area contributed by atoms with Gasteiger partial charge < -0.3 is 14.5 Å². The monoisotopic (exact) mass is 339 g/mol. The van der Waals surface area contributed by atoms with E-state index in [0.29, 0.717) is 0 Å². The van der Waals surface area contributed by atoms with Crippen molar-refractivity contribution in [3.05, 3.63) is 42.2 Å². The van der Waals surface area contributed by atoms with Crippen LogP contribution in [0.5, 0.6) is 0 Å². The van der Waals surface area contributed by atoms with Crippen molar-refractivity contribution >= 4 is 11.6 Å². The zero-order valence-electron chi connectivity index (χ0n) is 14.8. The Morgan fingerprint density at radius 3 is 2.64 bits per heavy atom. The summed E-state index contributed by atoms with van der Waals surface area (Å²) < 4.78 is 6.01. The maximum Gasteiger partial charge on any atom is 0.151 e. The highest BCUT2D eigenvalue weighted by Gasteiger charge is 2.39. The molecule has 2 aliphatic heterocycles. The number of nitrogens with zero attached hydrogens (tertiary/aromatic N) is 5. The Labute approximate surface area is 148 Å². The summed E-state index contributed by atoms with van der Waals surface area (Å²) in [6.45, 7) is 7.37. The molecule has 1 spiro atoms. The lowest BCUT2D eigenvalue weighted by atomic mass is 9.80. The van der Waals surface area contributed by atoms with Crippen LogP contribution in [0.3, 0.4) is 0 Å². The van der Waals surface area contributed by atoms with Gasteiger partial charge in [-0.1, -0.05) is 6.07 Å². The molecule has 0 bridgehead atoms. The summed E-state index contributed by atoms with van der Waals surface area (Å²) in [4.78, 5) is 9.28. The molecule has 0 aromatic carbocycles. The molecule has 0 radical (unpaired) electrons. The molecule has 6 heteroatoms. The fourth-order valence-electron chi connectivity index (χ4n) is 3.94. The molecule has 2 saturated heterocycles. The number of ether oxygens (including phenoxy) is 1. The highest BCUT2D eigenvalue weighted by molar-refractivity contribution is 5.41. The van der Waals surface area contributed by atoms with Crippen LogP contribution in [0, 0.1) is 12.3 Å². The third-order valence-corrected chi connectivity index (χ3v) is 5.18. The number of rotatable bonds is 2. The SMILES string of the molecule is Cc1ccc(N2CCC[C@@]3(COCCN(c4ccccn4)C3)C2)nn1. The van der Waals surface area contributed by atoms with E-state index in [2.05, 4.69) is 43.2 Å². The lowest BCUT2D eigenvalue weighted by molar-refractivity contribution is 0.0597. The van der Waals surface area contributed by atoms with Crippen molar-refractivity contribution in [3.8, 4) is 0 Å². The largest absolute Gasteiger partial charge is 0.379 e. The van der Waals surface area contributed by atoms with E-state index in [1.54, 1.807) is 0 Å². The summed E-state index contributed by atoms with van der Waals surface area (Å²) in [6.07, 6.45) is 4.18. The molecular weight excluding hydrogens is 314 g/mol. The zero-order valence-corrected chi connectivity index (χ0v) is 14.8. The van der Waals surface area contributed by atoms with E-state index >= 15 is 0 Å². The number of aromatic nitrogens is 3. The van der Waals surface area contributed by atoms with Gasteiger partial charge in [-0.25, -0.2) is 4.98 Å². The zero-order chi connectivity index (χ0) is 17.1. The molecule has 4 heterocycles. The number of hydrogen-bond acceptors (Lipinski definition) is 6. The quantitative estimate of drug-likeness (QED) is 0.837. The Morgan fingerprint density at radius 2 is 1.88 bits per heavy atom. The average molecular weight is 339 g/mol. The van der Waals surface area contributed by atoms with Crippen molar-refractivity contribution in [1.29, 1.82) is 0 Å². The Bertz CT molecular complexity index is 693. The van der Waals surface area contributed by atoms with Gasteiger partial charge in [-0.2, -0.15) is 5.10 Å². The Morgan fingerprint density at radius 1 is 1.00 bits per heavy atom. The predicted octanol–water partition coefficient (Wildman–Crippen LogP) is 2.30. The van der Waals surface area contributed by atoms with Gasteiger partial charge in [0.15, 0.2) is 5.82 Å². The van der Waals surface area contributed by atoms with Crippen LogP contribution in [-0.4, -0.2) is 54.6 Å². The molecule has 6 nitrogen and oxygen atoms in total. The summed E-state index contributed by atoms with van der Waals surface area (Å²) in [6, 6.07) is 10.2. The van der Waals surface area contributed by atoms with Gasteiger partial charge in [-0.15, -0.1) is 5.10 Å². The van der Waals surface area contributed by atoms with Crippen LogP contribution in [-0.2, 0) is 4.74 Å². The van der Waals surface area contributed by atoms with Crippen LogP contribution in [0.15, 0.2) is 36.5 Å². The van der Waals surface area contributed by atoms with Crippen molar-refractivity contribution in [1.82, 2.24) is 15.2 Å². The molecule has 0 N–H and O–H groups in total. The summed E-state index contributed by atoms with van der Waals surface area (Å²) >= 11 is 0. The second-order valence-electron chi connectivity index (χ2n) is 7.22. The molecule has 0 unspecified atom stereocenters. The molecule has 2 aliphatic rings. The molecule has 132 valence electrons. The molecule has 2 aromatic rings. The molecule has 0 aliphatic carbocycles. The average Bonchev–Trinajstić information content (AvgIpc) is 2.86. The molecule has 2 aromatic heterocycles. The standard InChI is InChI=1S/C19H25N5O/c1-16-6-7-18(22-21-16)23-10-4-8-19(13-23)14-24(11-12-25-15-19)17-5-2-3-9-20-17/h2-3,5-7,9H,4,8,10-15H2,1H3/t19-/m1/s1. The van der Waals surface area contributed by atoms with E-state index in [0.717, 1.165) is 63.1 Å². The Hall–Kier alpha value is -2.21. The number of pyridine rings is 1. The van der Waals surface area contributed by atoms with E-state index in [1.165, 1.54) is 6.42 Å². The second-order valence-corrected chi connectivity index (χ2v) is 7.22. The third kappa shape index (κ3) is 3.58. The van der Waals surface area contributed by atoms with Crippen molar-refractivity contribution in [2.24, 2.45) is 5.41 Å². The van der Waals surface area contributed by atoms with Gasteiger partial charge in [-0.05, 0) is 44.0 Å². The van der Waals surface area contributed by atoms with E-state index < -0.39 is 0 Å². The maximum absolute atomic E-state index is 6.01. The first-order valence-corrected chi connectivity index (χ1v) is 9.03. The van der Waals surface area contributed by atoms with Crippen LogP contribution in [0.25, 0.3) is 0 Å². The van der Waals surface area contributed by atoms with Gasteiger partial charge in [0.05, 0.1) is 18.9 Å². The highest BCUT2D eigenvalue weighted by Crippen LogP contribution is 2.35. The summed E-state index contributed by atoms with van der Waals surface area (Å²) in [5.74, 6) is 2.01. The number of aryl methyl sites for hydroxylation is 1. The van der Waals surface area contributed by atoms with Crippen LogP contribution in [0.4, 0.5) is 11.6 Å². The van der Waals surface area contributed by atoms with Gasteiger partial charge in [0.1, 0.15) is 5.82 Å². The van der Waals surface area contributed by atoms with E-state index in [-0.39, 0.29) is 5.41 Å². The first-order valence-electron chi connectivity index (χ1n) is 9.03. The molecule has 4 rings (SSSR count). The van der Waals surface area contributed by atoms with E-state index in [1.807, 2.05) is 25.3 Å². The van der Waals surface area contributed by atoms with Crippen molar-refractivity contribution in [2.75, 3.05) is 49.2 Å². The van der Waals surface area contributed by atoms with E-state index in [4.69, 9.17) is 4.74 Å². The van der Waals surface area contributed by atoms with Crippen LogP contribution >= 0.6 is 0 Å². The lowest BCUT2D eigenvalue weighted by Crippen LogP contribution is -2.51. The maximum atomic E-state index is 6.01. The Balaban J connectivity index is 1.55. The smallest absolute Gasteiger partial charge is 0.151 e. The van der Waals surface area contributed by atoms with Gasteiger partial charge in [-0.3, -0.25) is 0 Å². The summed E-state index contributed by atoms with van der Waals surface area (Å²) in [5.41, 5.74) is 1.06. The Kier molecular flexibility index (Phi) is 4.53. The predicted molar refractivity (Wildman–Crippen MR) is 97.9 cm³/mol. The van der Waals surface area contributed by atoms with Gasteiger partial charge in [0.25, 0.3) is 0 Å². The van der Waals surface area contributed by atoms with Crippen molar-refractivity contribution < 1.29 is 4.74 Å². The summed E-state index contributed by atoms with van der Waals surface area (Å²) in [7, 11) is 0. The van der Waals surface area contributed by atoms with Crippen LogP contribution in [0.2, 0.25) is 0 Å². The number of piperidine rings is 1. The molecule has 2 fully saturated rings. The normalized spacial score (nSPS) is 24.4. The fraction of sp³-hybridized carbons (Fsp3) is 0.526. The first kappa shape index (κ1) is 16.3. The minimum atomic E-state index is 0.110. The lowest BCUT2D eigenvalue weighted by Gasteiger charge is -2.44. The fourth-order valence-corrected chi connectivity index (χ4v) is 3.94. The van der Waals surface area contributed by atoms with Gasteiger partial charge in [0.2, 0.25) is 0 Å². The number of anilines is 2.